The molecule has 0 radical (unpaired) electrons. The van der Waals surface area contributed by atoms with E-state index in [0.717, 1.165) is 11.6 Å². The topological polar surface area (TPSA) is 120 Å². The van der Waals surface area contributed by atoms with Gasteiger partial charge in [-0.1, -0.05) is 19.9 Å². The number of ether oxygens (including phenoxy) is 3. The highest BCUT2D eigenvalue weighted by Gasteiger charge is 2.30. The van der Waals surface area contributed by atoms with Gasteiger partial charge in [-0.3, -0.25) is 10.1 Å². The Morgan fingerprint density at radius 1 is 1.00 bits per heavy atom. The minimum absolute atomic E-state index is 0.0731. The van der Waals surface area contributed by atoms with E-state index in [1.54, 1.807) is 0 Å². The molecule has 1 unspecified atom stereocenters. The van der Waals surface area contributed by atoms with Crippen molar-refractivity contribution < 1.29 is 27.6 Å². The number of nitrogens with zero attached hydrogens (tertiary/aromatic N) is 2. The van der Waals surface area contributed by atoms with Crippen molar-refractivity contribution in [2.75, 3.05) is 44.8 Å². The van der Waals surface area contributed by atoms with Crippen LogP contribution in [-0.4, -0.2) is 57.2 Å². The summed E-state index contributed by atoms with van der Waals surface area (Å²) in [4.78, 5) is 11.2. The molecule has 33 heavy (non-hydrogen) atoms. The molecule has 178 valence electrons. The zero-order valence-corrected chi connectivity index (χ0v) is 19.3. The average Bonchev–Trinajstić information content (AvgIpc) is 2.82. The minimum atomic E-state index is -3.85. The molecular formula is C22H27N3O7S. The summed E-state index contributed by atoms with van der Waals surface area (Å²) in [6.07, 6.45) is 0. The van der Waals surface area contributed by atoms with Gasteiger partial charge in [0.1, 0.15) is 18.9 Å². The molecule has 0 saturated carbocycles. The average molecular weight is 478 g/mol. The van der Waals surface area contributed by atoms with Crippen LogP contribution in [0.4, 0.5) is 11.4 Å². The van der Waals surface area contributed by atoms with Crippen LogP contribution in [-0.2, 0) is 14.8 Å². The zero-order chi connectivity index (χ0) is 23.6. The molecule has 2 aliphatic heterocycles. The molecule has 10 nitrogen and oxygen atoms in total. The van der Waals surface area contributed by atoms with Crippen molar-refractivity contribution in [2.24, 2.45) is 5.92 Å². The summed E-state index contributed by atoms with van der Waals surface area (Å²) < 4.78 is 43.7. The van der Waals surface area contributed by atoms with Crippen molar-refractivity contribution >= 4 is 21.4 Å². The van der Waals surface area contributed by atoms with Crippen molar-refractivity contribution in [2.45, 2.75) is 24.8 Å². The summed E-state index contributed by atoms with van der Waals surface area (Å²) in [5.41, 5.74) is 0.829. The number of rotatable bonds is 7. The molecule has 0 amide bonds. The highest BCUT2D eigenvalue weighted by atomic mass is 32.2. The van der Waals surface area contributed by atoms with Crippen LogP contribution < -0.4 is 14.8 Å². The van der Waals surface area contributed by atoms with Gasteiger partial charge in [-0.05, 0) is 35.7 Å². The summed E-state index contributed by atoms with van der Waals surface area (Å²) in [5, 5.41) is 15.1. The molecule has 1 fully saturated rings. The first-order valence-corrected chi connectivity index (χ1v) is 12.2. The summed E-state index contributed by atoms with van der Waals surface area (Å²) in [5.74, 6) is 1.37. The van der Waals surface area contributed by atoms with Crippen LogP contribution in [0.15, 0.2) is 41.3 Å². The van der Waals surface area contributed by atoms with Gasteiger partial charge in [-0.25, -0.2) is 8.42 Å². The molecule has 0 bridgehead atoms. The molecule has 4 rings (SSSR count). The number of hydrogen-bond acceptors (Lipinski definition) is 8. The van der Waals surface area contributed by atoms with Crippen molar-refractivity contribution in [3.05, 3.63) is 52.1 Å². The van der Waals surface area contributed by atoms with Gasteiger partial charge in [0.2, 0.25) is 10.0 Å². The van der Waals surface area contributed by atoms with Gasteiger partial charge in [0, 0.05) is 19.2 Å². The second-order valence-corrected chi connectivity index (χ2v) is 10.2. The second kappa shape index (κ2) is 9.54. The van der Waals surface area contributed by atoms with Crippen LogP contribution in [0.25, 0.3) is 0 Å². The van der Waals surface area contributed by atoms with Gasteiger partial charge in [-0.2, -0.15) is 4.31 Å². The van der Waals surface area contributed by atoms with Crippen molar-refractivity contribution in [1.29, 1.82) is 0 Å². The highest BCUT2D eigenvalue weighted by molar-refractivity contribution is 7.89. The Morgan fingerprint density at radius 3 is 2.36 bits per heavy atom. The molecule has 11 heteroatoms. The fourth-order valence-electron chi connectivity index (χ4n) is 3.94. The van der Waals surface area contributed by atoms with E-state index < -0.39 is 14.9 Å². The fraction of sp³-hybridized carbons (Fsp3) is 0.455. The molecule has 2 aromatic rings. The zero-order valence-electron chi connectivity index (χ0n) is 18.5. The van der Waals surface area contributed by atoms with Crippen molar-refractivity contribution in [1.82, 2.24) is 4.31 Å². The lowest BCUT2D eigenvalue weighted by Crippen LogP contribution is -2.40. The monoisotopic (exact) mass is 477 g/mol. The Hall–Kier alpha value is -2.89. The Labute approximate surface area is 192 Å². The molecule has 0 aromatic heterocycles. The van der Waals surface area contributed by atoms with E-state index in [0.29, 0.717) is 37.9 Å². The van der Waals surface area contributed by atoms with Gasteiger partial charge in [0.15, 0.2) is 11.5 Å². The van der Waals surface area contributed by atoms with E-state index in [-0.39, 0.29) is 41.3 Å². The predicted octanol–water partition coefficient (Wildman–Crippen LogP) is 3.20. The maximum Gasteiger partial charge on any atom is 0.293 e. The molecule has 1 atom stereocenters. The molecule has 2 aliphatic rings. The number of nitrogens with one attached hydrogen (secondary N) is 1. The molecular weight excluding hydrogens is 450 g/mol. The van der Waals surface area contributed by atoms with Crippen LogP contribution >= 0.6 is 0 Å². The Balaban J connectivity index is 1.65. The number of hydrogen-bond donors (Lipinski definition) is 1. The molecule has 0 aliphatic carbocycles. The third kappa shape index (κ3) is 4.90. The smallest absolute Gasteiger partial charge is 0.293 e. The Bertz CT molecular complexity index is 1130. The van der Waals surface area contributed by atoms with Crippen LogP contribution in [0.5, 0.6) is 11.5 Å². The van der Waals surface area contributed by atoms with Crippen LogP contribution in [0, 0.1) is 16.0 Å². The van der Waals surface area contributed by atoms with Crippen LogP contribution in [0.2, 0.25) is 0 Å². The summed E-state index contributed by atoms with van der Waals surface area (Å²) in [6.45, 7) is 5.98. The molecule has 1 saturated heterocycles. The van der Waals surface area contributed by atoms with Crippen molar-refractivity contribution in [3.8, 4) is 11.5 Å². The van der Waals surface area contributed by atoms with Gasteiger partial charge < -0.3 is 19.5 Å². The number of nitro benzene ring substituents is 1. The first kappa shape index (κ1) is 23.3. The molecule has 2 aromatic carbocycles. The lowest BCUT2D eigenvalue weighted by molar-refractivity contribution is -0.384. The van der Waals surface area contributed by atoms with Gasteiger partial charge >= 0.3 is 0 Å². The number of benzene rings is 2. The summed E-state index contributed by atoms with van der Waals surface area (Å²) >= 11 is 0. The lowest BCUT2D eigenvalue weighted by atomic mass is 9.95. The number of nitro groups is 1. The number of anilines is 1. The summed E-state index contributed by atoms with van der Waals surface area (Å²) in [6, 6.07) is 9.30. The highest BCUT2D eigenvalue weighted by Crippen LogP contribution is 2.38. The van der Waals surface area contributed by atoms with Gasteiger partial charge in [-0.15, -0.1) is 0 Å². The van der Waals surface area contributed by atoms with E-state index >= 15 is 0 Å². The van der Waals surface area contributed by atoms with E-state index in [4.69, 9.17) is 14.2 Å². The third-order valence-electron chi connectivity index (χ3n) is 5.68. The van der Waals surface area contributed by atoms with E-state index in [1.165, 1.54) is 16.4 Å². The number of sulfonamides is 1. The minimum Gasteiger partial charge on any atom is -0.486 e. The van der Waals surface area contributed by atoms with Crippen molar-refractivity contribution in [3.63, 3.8) is 0 Å². The number of morpholine rings is 1. The standard InChI is InChI=1S/C22H27N3O7S/c1-15(2)22(16-3-6-20-21(13-16)32-12-11-31-20)23-18-5-4-17(14-19(18)25(26)27)33(28,29)24-7-9-30-10-8-24/h3-6,13-15,22-23H,7-12H2,1-2H3. The first-order chi connectivity index (χ1) is 15.8. The fourth-order valence-corrected chi connectivity index (χ4v) is 5.37. The SMILES string of the molecule is CC(C)C(Nc1ccc(S(=O)(=O)N2CCOCC2)cc1[N+](=O)[O-])c1ccc2c(c1)OCCO2. The third-order valence-corrected chi connectivity index (χ3v) is 7.57. The quantitative estimate of drug-likeness (QED) is 0.477. The maximum absolute atomic E-state index is 13.0. The summed E-state index contributed by atoms with van der Waals surface area (Å²) in [7, 11) is -3.85. The van der Waals surface area contributed by atoms with Crippen LogP contribution in [0.1, 0.15) is 25.5 Å². The van der Waals surface area contributed by atoms with Gasteiger partial charge in [0.05, 0.1) is 29.1 Å². The normalized spacial score (nSPS) is 17.5. The largest absolute Gasteiger partial charge is 0.486 e. The van der Waals surface area contributed by atoms with E-state index in [1.807, 2.05) is 32.0 Å². The lowest BCUT2D eigenvalue weighted by Gasteiger charge is -2.27. The Kier molecular flexibility index (Phi) is 6.73. The predicted molar refractivity (Wildman–Crippen MR) is 121 cm³/mol. The van der Waals surface area contributed by atoms with Crippen LogP contribution in [0.3, 0.4) is 0 Å². The number of fused-ring (bicyclic) bond motifs is 1. The van der Waals surface area contributed by atoms with E-state index in [2.05, 4.69) is 5.32 Å². The van der Waals surface area contributed by atoms with Gasteiger partial charge in [0.25, 0.3) is 5.69 Å². The maximum atomic E-state index is 13.0. The van der Waals surface area contributed by atoms with E-state index in [9.17, 15) is 18.5 Å². The first-order valence-electron chi connectivity index (χ1n) is 10.8. The molecule has 1 N–H and O–H groups in total. The second-order valence-electron chi connectivity index (χ2n) is 8.22. The Morgan fingerprint density at radius 2 is 1.70 bits per heavy atom. The molecule has 2 heterocycles. The molecule has 0 spiro atoms.